The number of hydrogen-bond donors (Lipinski definition) is 1. The SMILES string of the molecule is CCC1CC1(C)C(=O)NS(=O)(=O)OC1(C)CC1. The Kier molecular flexibility index (Phi) is 2.78. The molecule has 6 heteroatoms. The summed E-state index contributed by atoms with van der Waals surface area (Å²) in [6.07, 6.45) is 3.08. The normalized spacial score (nSPS) is 34.2. The van der Waals surface area contributed by atoms with Gasteiger partial charge in [0.25, 0.3) is 0 Å². The van der Waals surface area contributed by atoms with Crippen LogP contribution in [-0.2, 0) is 19.3 Å². The summed E-state index contributed by atoms with van der Waals surface area (Å²) in [6, 6.07) is 0. The first-order valence-corrected chi connectivity index (χ1v) is 7.39. The highest BCUT2D eigenvalue weighted by atomic mass is 32.2. The van der Waals surface area contributed by atoms with E-state index in [0.717, 1.165) is 25.7 Å². The highest BCUT2D eigenvalue weighted by Gasteiger charge is 2.56. The van der Waals surface area contributed by atoms with Gasteiger partial charge in [0.15, 0.2) is 0 Å². The van der Waals surface area contributed by atoms with Gasteiger partial charge in [0.1, 0.15) is 0 Å². The zero-order chi connectivity index (χ0) is 12.9. The van der Waals surface area contributed by atoms with Gasteiger partial charge in [-0.15, -0.1) is 0 Å². The van der Waals surface area contributed by atoms with Crippen molar-refractivity contribution in [3.8, 4) is 0 Å². The lowest BCUT2D eigenvalue weighted by Gasteiger charge is -2.14. The highest BCUT2D eigenvalue weighted by molar-refractivity contribution is 7.85. The van der Waals surface area contributed by atoms with Crippen molar-refractivity contribution in [1.82, 2.24) is 4.72 Å². The van der Waals surface area contributed by atoms with Crippen molar-refractivity contribution in [1.29, 1.82) is 0 Å². The first kappa shape index (κ1) is 12.8. The molecule has 2 fully saturated rings. The predicted octanol–water partition coefficient (Wildman–Crippen LogP) is 1.35. The molecule has 2 saturated carbocycles. The maximum Gasteiger partial charge on any atom is 0.362 e. The largest absolute Gasteiger partial charge is 0.362 e. The fraction of sp³-hybridized carbons (Fsp3) is 0.909. The van der Waals surface area contributed by atoms with Gasteiger partial charge < -0.3 is 0 Å². The van der Waals surface area contributed by atoms with Crippen molar-refractivity contribution in [2.24, 2.45) is 11.3 Å². The molecule has 5 nitrogen and oxygen atoms in total. The van der Waals surface area contributed by atoms with Crippen molar-refractivity contribution in [3.63, 3.8) is 0 Å². The molecule has 0 heterocycles. The number of carbonyl (C=O) groups is 1. The molecule has 2 atom stereocenters. The topological polar surface area (TPSA) is 72.5 Å². The summed E-state index contributed by atoms with van der Waals surface area (Å²) in [7, 11) is -3.95. The molecule has 1 amide bonds. The van der Waals surface area contributed by atoms with Crippen molar-refractivity contribution < 1.29 is 17.4 Å². The molecule has 0 saturated heterocycles. The van der Waals surface area contributed by atoms with Gasteiger partial charge in [-0.3, -0.25) is 4.79 Å². The third-order valence-corrected chi connectivity index (χ3v) is 4.96. The Morgan fingerprint density at radius 3 is 2.41 bits per heavy atom. The lowest BCUT2D eigenvalue weighted by atomic mass is 10.1. The summed E-state index contributed by atoms with van der Waals surface area (Å²) in [6.45, 7) is 5.52. The third kappa shape index (κ3) is 2.63. The van der Waals surface area contributed by atoms with E-state index in [1.807, 2.05) is 11.6 Å². The molecular formula is C11H19NO4S. The van der Waals surface area contributed by atoms with Crippen LogP contribution in [0.3, 0.4) is 0 Å². The van der Waals surface area contributed by atoms with Crippen molar-refractivity contribution in [2.45, 2.75) is 52.1 Å². The number of amides is 1. The van der Waals surface area contributed by atoms with Gasteiger partial charge in [0.2, 0.25) is 5.91 Å². The fourth-order valence-electron chi connectivity index (χ4n) is 2.10. The first-order chi connectivity index (χ1) is 7.71. The molecule has 1 N–H and O–H groups in total. The lowest BCUT2D eigenvalue weighted by Crippen LogP contribution is -2.39. The van der Waals surface area contributed by atoms with Crippen molar-refractivity contribution in [3.05, 3.63) is 0 Å². The highest BCUT2D eigenvalue weighted by Crippen LogP contribution is 2.54. The van der Waals surface area contributed by atoms with E-state index in [1.165, 1.54) is 0 Å². The summed E-state index contributed by atoms with van der Waals surface area (Å²) < 4.78 is 30.2. The van der Waals surface area contributed by atoms with Crippen LogP contribution in [0.5, 0.6) is 0 Å². The number of hydrogen-bond acceptors (Lipinski definition) is 4. The van der Waals surface area contributed by atoms with Crippen LogP contribution in [0.4, 0.5) is 0 Å². The van der Waals surface area contributed by atoms with E-state index < -0.39 is 27.2 Å². The van der Waals surface area contributed by atoms with Crippen molar-refractivity contribution in [2.75, 3.05) is 0 Å². The molecule has 0 spiro atoms. The van der Waals surface area contributed by atoms with Crippen LogP contribution in [0.1, 0.15) is 46.5 Å². The Morgan fingerprint density at radius 2 is 2.00 bits per heavy atom. The van der Waals surface area contributed by atoms with Gasteiger partial charge in [-0.1, -0.05) is 20.3 Å². The van der Waals surface area contributed by atoms with E-state index in [4.69, 9.17) is 4.18 Å². The zero-order valence-corrected chi connectivity index (χ0v) is 11.3. The molecule has 0 radical (unpaired) electrons. The number of carbonyl (C=O) groups excluding carboxylic acids is 1. The van der Waals surface area contributed by atoms with Gasteiger partial charge in [-0.05, 0) is 32.1 Å². The van der Waals surface area contributed by atoms with Gasteiger partial charge in [0, 0.05) is 0 Å². The molecule has 2 aliphatic carbocycles. The fourth-order valence-corrected chi connectivity index (χ4v) is 3.30. The quantitative estimate of drug-likeness (QED) is 0.811. The minimum atomic E-state index is -3.95. The Hall–Kier alpha value is -0.620. The summed E-state index contributed by atoms with van der Waals surface area (Å²) in [4.78, 5) is 11.8. The molecule has 98 valence electrons. The van der Waals surface area contributed by atoms with Crippen LogP contribution in [-0.4, -0.2) is 19.9 Å². The average molecular weight is 261 g/mol. The molecule has 0 aromatic rings. The van der Waals surface area contributed by atoms with Gasteiger partial charge >= 0.3 is 10.3 Å². The third-order valence-electron chi connectivity index (χ3n) is 3.91. The van der Waals surface area contributed by atoms with E-state index in [-0.39, 0.29) is 5.92 Å². The van der Waals surface area contributed by atoms with Crippen LogP contribution in [0, 0.1) is 11.3 Å². The Balaban J connectivity index is 1.95. The monoisotopic (exact) mass is 261 g/mol. The second-order valence-electron chi connectivity index (χ2n) is 5.65. The minimum Gasteiger partial charge on any atom is -0.273 e. The summed E-state index contributed by atoms with van der Waals surface area (Å²) >= 11 is 0. The summed E-state index contributed by atoms with van der Waals surface area (Å²) in [5.74, 6) is -0.150. The molecule has 0 aromatic heterocycles. The van der Waals surface area contributed by atoms with E-state index in [0.29, 0.717) is 0 Å². The first-order valence-electron chi connectivity index (χ1n) is 5.99. The van der Waals surface area contributed by atoms with E-state index in [1.54, 1.807) is 13.8 Å². The Bertz CT molecular complexity index is 440. The summed E-state index contributed by atoms with van der Waals surface area (Å²) in [5, 5.41) is 0. The standard InChI is InChI=1S/C11H19NO4S/c1-4-8-7-11(8,3)9(13)12-17(14,15)16-10(2)5-6-10/h8H,4-7H2,1-3H3,(H,12,13). The van der Waals surface area contributed by atoms with Gasteiger partial charge in [0.05, 0.1) is 11.0 Å². The van der Waals surface area contributed by atoms with E-state index in [2.05, 4.69) is 0 Å². The number of nitrogens with one attached hydrogen (secondary N) is 1. The van der Waals surface area contributed by atoms with E-state index in [9.17, 15) is 13.2 Å². The molecule has 0 aromatic carbocycles. The van der Waals surface area contributed by atoms with Crippen LogP contribution >= 0.6 is 0 Å². The maximum absolute atomic E-state index is 11.8. The smallest absolute Gasteiger partial charge is 0.273 e. The van der Waals surface area contributed by atoms with Gasteiger partial charge in [-0.25, -0.2) is 8.91 Å². The van der Waals surface area contributed by atoms with E-state index >= 15 is 0 Å². The molecule has 0 bridgehead atoms. The molecule has 2 unspecified atom stereocenters. The molecule has 0 aliphatic heterocycles. The molecule has 2 rings (SSSR count). The van der Waals surface area contributed by atoms with Gasteiger partial charge in [-0.2, -0.15) is 8.42 Å². The zero-order valence-electron chi connectivity index (χ0n) is 10.4. The Morgan fingerprint density at radius 1 is 1.41 bits per heavy atom. The lowest BCUT2D eigenvalue weighted by molar-refractivity contribution is -0.124. The Labute approximate surface area is 102 Å². The second kappa shape index (κ2) is 3.68. The molecular weight excluding hydrogens is 242 g/mol. The van der Waals surface area contributed by atoms with Crippen LogP contribution in [0.2, 0.25) is 0 Å². The van der Waals surface area contributed by atoms with Crippen molar-refractivity contribution >= 4 is 16.2 Å². The number of rotatable bonds is 5. The predicted molar refractivity (Wildman–Crippen MR) is 62.3 cm³/mol. The molecule has 17 heavy (non-hydrogen) atoms. The minimum absolute atomic E-state index is 0.286. The second-order valence-corrected chi connectivity index (χ2v) is 6.92. The average Bonchev–Trinajstić information content (AvgIpc) is 3.05. The molecule has 2 aliphatic rings. The van der Waals surface area contributed by atoms with Crippen LogP contribution in [0.15, 0.2) is 0 Å². The summed E-state index contributed by atoms with van der Waals surface area (Å²) in [5.41, 5.74) is -1.13. The van der Waals surface area contributed by atoms with Crippen LogP contribution in [0.25, 0.3) is 0 Å². The van der Waals surface area contributed by atoms with Crippen LogP contribution < -0.4 is 4.72 Å². The maximum atomic E-state index is 11.8.